The Hall–Kier alpha value is -2.66. The highest BCUT2D eigenvalue weighted by Crippen LogP contribution is 2.40. The molecule has 0 aromatic heterocycles. The summed E-state index contributed by atoms with van der Waals surface area (Å²) in [6, 6.07) is 14.1. The Kier molecular flexibility index (Phi) is 5.44. The lowest BCUT2D eigenvalue weighted by Gasteiger charge is -2.23. The van der Waals surface area contributed by atoms with Gasteiger partial charge >= 0.3 is 5.97 Å². The van der Waals surface area contributed by atoms with Crippen LogP contribution in [0.4, 0.5) is 5.69 Å². The van der Waals surface area contributed by atoms with Gasteiger partial charge in [-0.2, -0.15) is 0 Å². The molecule has 5 nitrogen and oxygen atoms in total. The van der Waals surface area contributed by atoms with Crippen LogP contribution in [0.3, 0.4) is 0 Å². The molecule has 2 aromatic carbocycles. The molecule has 0 fully saturated rings. The van der Waals surface area contributed by atoms with Crippen molar-refractivity contribution in [3.63, 3.8) is 0 Å². The molecule has 2 unspecified atom stereocenters. The molecule has 0 aliphatic carbocycles. The molecule has 0 saturated heterocycles. The summed E-state index contributed by atoms with van der Waals surface area (Å²) in [4.78, 5) is 18.9. The lowest BCUT2D eigenvalue weighted by atomic mass is 9.97. The summed E-state index contributed by atoms with van der Waals surface area (Å²) >= 11 is 0. The number of ether oxygens (including phenoxy) is 1. The second-order valence-corrected chi connectivity index (χ2v) is 7.71. The van der Waals surface area contributed by atoms with E-state index >= 15 is 0 Å². The SMILES string of the molecule is CC(N)Cc1cc2c(c(C3C=N3)c1)N(CCCOC(=O)c1ccccc1)CC2. The lowest BCUT2D eigenvalue weighted by molar-refractivity contribution is 0.0502. The van der Waals surface area contributed by atoms with E-state index in [0.717, 1.165) is 32.4 Å². The first-order valence-electron chi connectivity index (χ1n) is 10.0. The van der Waals surface area contributed by atoms with Crippen molar-refractivity contribution < 1.29 is 9.53 Å². The number of nitrogens with zero attached hydrogens (tertiary/aromatic N) is 2. The molecular formula is C23H27N3O2. The minimum Gasteiger partial charge on any atom is -0.462 e. The predicted octanol–water partition coefficient (Wildman–Crippen LogP) is 3.31. The van der Waals surface area contributed by atoms with Crippen LogP contribution in [-0.4, -0.2) is 37.9 Å². The number of carbonyl (C=O) groups excluding carboxylic acids is 1. The molecule has 0 saturated carbocycles. The largest absolute Gasteiger partial charge is 0.462 e. The van der Waals surface area contributed by atoms with Crippen LogP contribution in [-0.2, 0) is 17.6 Å². The molecule has 28 heavy (non-hydrogen) atoms. The van der Waals surface area contributed by atoms with Crippen molar-refractivity contribution in [2.75, 3.05) is 24.6 Å². The van der Waals surface area contributed by atoms with Crippen LogP contribution < -0.4 is 10.6 Å². The van der Waals surface area contributed by atoms with Gasteiger partial charge in [0.15, 0.2) is 0 Å². The summed E-state index contributed by atoms with van der Waals surface area (Å²) in [5.74, 6) is -0.255. The van der Waals surface area contributed by atoms with E-state index in [4.69, 9.17) is 10.5 Å². The maximum atomic E-state index is 12.1. The van der Waals surface area contributed by atoms with E-state index in [9.17, 15) is 4.79 Å². The van der Waals surface area contributed by atoms with Crippen LogP contribution in [0.5, 0.6) is 0 Å². The quantitative estimate of drug-likeness (QED) is 0.566. The van der Waals surface area contributed by atoms with Crippen molar-refractivity contribution in [1.29, 1.82) is 0 Å². The number of fused-ring (bicyclic) bond motifs is 1. The number of hydrogen-bond donors (Lipinski definition) is 1. The highest BCUT2D eigenvalue weighted by Gasteiger charge is 2.29. The van der Waals surface area contributed by atoms with Crippen molar-refractivity contribution in [1.82, 2.24) is 0 Å². The van der Waals surface area contributed by atoms with Gasteiger partial charge in [-0.3, -0.25) is 4.99 Å². The van der Waals surface area contributed by atoms with Gasteiger partial charge in [0.1, 0.15) is 6.04 Å². The van der Waals surface area contributed by atoms with Gasteiger partial charge in [0.2, 0.25) is 0 Å². The minimum absolute atomic E-state index is 0.155. The first kappa shape index (κ1) is 18.7. The topological polar surface area (TPSA) is 67.9 Å². The molecule has 2 aromatic rings. The number of rotatable bonds is 8. The van der Waals surface area contributed by atoms with Crippen LogP contribution in [0.2, 0.25) is 0 Å². The van der Waals surface area contributed by atoms with Crippen molar-refractivity contribution in [3.05, 3.63) is 64.7 Å². The van der Waals surface area contributed by atoms with Crippen LogP contribution >= 0.6 is 0 Å². The third-order valence-corrected chi connectivity index (χ3v) is 5.23. The van der Waals surface area contributed by atoms with E-state index in [1.165, 1.54) is 22.4 Å². The molecule has 2 aliphatic rings. The van der Waals surface area contributed by atoms with Crippen LogP contribution in [0.1, 0.15) is 46.4 Å². The van der Waals surface area contributed by atoms with Gasteiger partial charge < -0.3 is 15.4 Å². The molecule has 2 atom stereocenters. The van der Waals surface area contributed by atoms with Gasteiger partial charge in [-0.15, -0.1) is 0 Å². The van der Waals surface area contributed by atoms with E-state index in [-0.39, 0.29) is 18.1 Å². The third kappa shape index (κ3) is 4.25. The molecule has 2 N–H and O–H groups in total. The molecule has 146 valence electrons. The summed E-state index contributed by atoms with van der Waals surface area (Å²) in [5.41, 5.74) is 11.9. The van der Waals surface area contributed by atoms with Crippen molar-refractivity contribution >= 4 is 17.9 Å². The van der Waals surface area contributed by atoms with E-state index in [2.05, 4.69) is 22.0 Å². The summed E-state index contributed by atoms with van der Waals surface area (Å²) in [6.07, 6.45) is 4.75. The molecule has 2 heterocycles. The Morgan fingerprint density at radius 2 is 2.11 bits per heavy atom. The van der Waals surface area contributed by atoms with Crippen LogP contribution in [0.15, 0.2) is 47.5 Å². The maximum absolute atomic E-state index is 12.1. The summed E-state index contributed by atoms with van der Waals surface area (Å²) in [6.45, 7) is 4.35. The van der Waals surface area contributed by atoms with Gasteiger partial charge in [0.05, 0.1) is 12.2 Å². The molecule has 5 heteroatoms. The summed E-state index contributed by atoms with van der Waals surface area (Å²) in [7, 11) is 0. The molecule has 0 bridgehead atoms. The van der Waals surface area contributed by atoms with Gasteiger partial charge in [0, 0.05) is 36.6 Å². The molecule has 0 amide bonds. The standard InChI is InChI=1S/C23H27N3O2/c1-16(24)12-17-13-19-8-10-26(22(19)20(14-17)21-15-25-21)9-5-11-28-23(27)18-6-3-2-4-7-18/h2-4,6-7,13-16,21H,5,8-12,24H2,1H3. The first-order chi connectivity index (χ1) is 13.6. The second-order valence-electron chi connectivity index (χ2n) is 7.71. The number of anilines is 1. The number of hydrogen-bond acceptors (Lipinski definition) is 5. The van der Waals surface area contributed by atoms with Gasteiger partial charge in [-0.05, 0) is 49.4 Å². The summed E-state index contributed by atoms with van der Waals surface area (Å²) in [5, 5.41) is 0. The van der Waals surface area contributed by atoms with Gasteiger partial charge in [0.25, 0.3) is 0 Å². The minimum atomic E-state index is -0.255. The molecule has 2 aliphatic heterocycles. The normalized spacial score (nSPS) is 18.1. The average Bonchev–Trinajstić information content (AvgIpc) is 3.46. The van der Waals surface area contributed by atoms with E-state index in [0.29, 0.717) is 12.2 Å². The van der Waals surface area contributed by atoms with Crippen LogP contribution in [0, 0.1) is 0 Å². The fourth-order valence-corrected chi connectivity index (χ4v) is 3.95. The molecular weight excluding hydrogens is 350 g/mol. The summed E-state index contributed by atoms with van der Waals surface area (Å²) < 4.78 is 5.42. The highest BCUT2D eigenvalue weighted by molar-refractivity contribution is 5.89. The van der Waals surface area contributed by atoms with E-state index in [1.807, 2.05) is 31.3 Å². The third-order valence-electron chi connectivity index (χ3n) is 5.23. The lowest BCUT2D eigenvalue weighted by Crippen LogP contribution is -2.24. The van der Waals surface area contributed by atoms with Gasteiger partial charge in [-0.25, -0.2) is 4.79 Å². The number of esters is 1. The van der Waals surface area contributed by atoms with E-state index in [1.54, 1.807) is 12.1 Å². The van der Waals surface area contributed by atoms with Crippen molar-refractivity contribution in [2.45, 2.75) is 38.3 Å². The Balaban J connectivity index is 1.37. The smallest absolute Gasteiger partial charge is 0.338 e. The zero-order valence-corrected chi connectivity index (χ0v) is 16.3. The van der Waals surface area contributed by atoms with Crippen molar-refractivity contribution in [2.24, 2.45) is 10.7 Å². The second kappa shape index (κ2) is 8.15. The number of nitrogens with two attached hydrogens (primary N) is 1. The average molecular weight is 377 g/mol. The monoisotopic (exact) mass is 377 g/mol. The number of carbonyl (C=O) groups is 1. The number of aliphatic imine (C=N–C) groups is 1. The highest BCUT2D eigenvalue weighted by atomic mass is 16.5. The Morgan fingerprint density at radius 1 is 1.32 bits per heavy atom. The predicted molar refractivity (Wildman–Crippen MR) is 112 cm³/mol. The van der Waals surface area contributed by atoms with Gasteiger partial charge in [-0.1, -0.05) is 30.3 Å². The fourth-order valence-electron chi connectivity index (χ4n) is 3.95. The zero-order valence-electron chi connectivity index (χ0n) is 16.3. The Morgan fingerprint density at radius 3 is 2.82 bits per heavy atom. The number of benzene rings is 2. The first-order valence-corrected chi connectivity index (χ1v) is 10.0. The molecule has 4 rings (SSSR count). The van der Waals surface area contributed by atoms with E-state index < -0.39 is 0 Å². The Bertz CT molecular complexity index is 871. The molecule has 0 spiro atoms. The zero-order chi connectivity index (χ0) is 19.5. The molecule has 0 radical (unpaired) electrons. The fraction of sp³-hybridized carbons (Fsp3) is 0.391. The van der Waals surface area contributed by atoms with Crippen LogP contribution in [0.25, 0.3) is 0 Å². The maximum Gasteiger partial charge on any atom is 0.338 e. The Labute approximate surface area is 166 Å². The van der Waals surface area contributed by atoms with Crippen molar-refractivity contribution in [3.8, 4) is 0 Å².